The summed E-state index contributed by atoms with van der Waals surface area (Å²) in [6.07, 6.45) is 1.09. The molecule has 3 rings (SSSR count). The van der Waals surface area contributed by atoms with Crippen LogP contribution in [0.5, 0.6) is 0 Å². The molecule has 17 heavy (non-hydrogen) atoms. The third kappa shape index (κ3) is 1.64. The molecule has 0 amide bonds. The number of hydrogen-bond donors (Lipinski definition) is 0. The van der Waals surface area contributed by atoms with Gasteiger partial charge in [0.05, 0.1) is 0 Å². The van der Waals surface area contributed by atoms with Crippen LogP contribution < -0.4 is 0 Å². The van der Waals surface area contributed by atoms with Gasteiger partial charge in [-0.15, -0.1) is 0 Å². The fourth-order valence-corrected chi connectivity index (χ4v) is 2.68. The van der Waals surface area contributed by atoms with E-state index in [2.05, 4.69) is 49.2 Å². The second-order valence-corrected chi connectivity index (χ2v) is 4.77. The molecule has 0 radical (unpaired) electrons. The lowest BCUT2D eigenvalue weighted by atomic mass is 9.92. The Morgan fingerprint density at radius 3 is 2.71 bits per heavy atom. The smallest absolute Gasteiger partial charge is 0.193 e. The van der Waals surface area contributed by atoms with Crippen molar-refractivity contribution in [1.82, 2.24) is 4.90 Å². The summed E-state index contributed by atoms with van der Waals surface area (Å²) in [7, 11) is 2.10. The molecule has 0 N–H and O–H groups in total. The summed E-state index contributed by atoms with van der Waals surface area (Å²) in [6, 6.07) is 10.6. The van der Waals surface area contributed by atoms with Gasteiger partial charge in [0.25, 0.3) is 0 Å². The fraction of sp³-hybridized carbons (Fsp3) is 0.333. The molecule has 0 aliphatic carbocycles. The van der Waals surface area contributed by atoms with Gasteiger partial charge < -0.3 is 9.64 Å². The molecule has 0 unspecified atom stereocenters. The number of ether oxygens (including phenoxy) is 1. The van der Waals surface area contributed by atoms with E-state index in [9.17, 15) is 0 Å². The number of hydrogen-bond acceptors (Lipinski definition) is 2. The minimum absolute atomic E-state index is 0.716. The Morgan fingerprint density at radius 2 is 1.94 bits per heavy atom. The first-order valence-electron chi connectivity index (χ1n) is 6.10. The van der Waals surface area contributed by atoms with Crippen LogP contribution in [-0.2, 0) is 4.74 Å². The van der Waals surface area contributed by atoms with Gasteiger partial charge in [-0.2, -0.15) is 0 Å². The zero-order chi connectivity index (χ0) is 11.8. The van der Waals surface area contributed by atoms with Crippen LogP contribution >= 0.6 is 0 Å². The highest BCUT2D eigenvalue weighted by Crippen LogP contribution is 2.39. The topological polar surface area (TPSA) is 12.5 Å². The van der Waals surface area contributed by atoms with E-state index in [4.69, 9.17) is 4.74 Å². The second kappa shape index (κ2) is 3.95. The molecule has 0 aromatic heterocycles. The standard InChI is InChI=1S/C15H17NO/c1-11-10-17-15-13(8-9-16(15)2)14(11)12-6-4-3-5-7-12/h3-7H,8-10H2,1-2H3. The van der Waals surface area contributed by atoms with Gasteiger partial charge in [0, 0.05) is 19.2 Å². The van der Waals surface area contributed by atoms with Crippen molar-refractivity contribution < 1.29 is 4.74 Å². The Morgan fingerprint density at radius 1 is 1.18 bits per heavy atom. The molecule has 2 aliphatic heterocycles. The summed E-state index contributed by atoms with van der Waals surface area (Å²) in [6.45, 7) is 3.95. The highest BCUT2D eigenvalue weighted by atomic mass is 16.5. The Hall–Kier alpha value is -1.70. The molecule has 0 saturated carbocycles. The van der Waals surface area contributed by atoms with Crippen molar-refractivity contribution in [3.8, 4) is 0 Å². The first kappa shape index (κ1) is 10.5. The lowest BCUT2D eigenvalue weighted by Gasteiger charge is -2.24. The third-order valence-corrected chi connectivity index (χ3v) is 3.52. The summed E-state index contributed by atoms with van der Waals surface area (Å²) in [4.78, 5) is 2.21. The average molecular weight is 227 g/mol. The van der Waals surface area contributed by atoms with E-state index >= 15 is 0 Å². The zero-order valence-electron chi connectivity index (χ0n) is 10.4. The molecule has 0 atom stereocenters. The molecule has 0 spiro atoms. The van der Waals surface area contributed by atoms with Crippen molar-refractivity contribution in [1.29, 1.82) is 0 Å². The molecule has 0 bridgehead atoms. The fourth-order valence-electron chi connectivity index (χ4n) is 2.68. The van der Waals surface area contributed by atoms with Crippen LogP contribution in [0.1, 0.15) is 18.9 Å². The number of allylic oxidation sites excluding steroid dienone is 1. The highest BCUT2D eigenvalue weighted by Gasteiger charge is 2.28. The Balaban J connectivity index is 2.11. The normalized spacial score (nSPS) is 19.5. The van der Waals surface area contributed by atoms with Crippen LogP contribution in [0.25, 0.3) is 5.57 Å². The third-order valence-electron chi connectivity index (χ3n) is 3.52. The molecule has 2 heterocycles. The zero-order valence-corrected chi connectivity index (χ0v) is 10.4. The quantitative estimate of drug-likeness (QED) is 0.731. The van der Waals surface area contributed by atoms with E-state index in [-0.39, 0.29) is 0 Å². The molecule has 0 saturated heterocycles. The van der Waals surface area contributed by atoms with E-state index in [0.717, 1.165) is 18.8 Å². The van der Waals surface area contributed by atoms with Crippen molar-refractivity contribution in [2.45, 2.75) is 13.3 Å². The van der Waals surface area contributed by atoms with Gasteiger partial charge in [0.2, 0.25) is 0 Å². The van der Waals surface area contributed by atoms with E-state index in [0.29, 0.717) is 6.61 Å². The van der Waals surface area contributed by atoms with Crippen molar-refractivity contribution in [3.63, 3.8) is 0 Å². The van der Waals surface area contributed by atoms with E-state index in [1.54, 1.807) is 0 Å². The number of benzene rings is 1. The Labute approximate surface area is 102 Å². The molecule has 2 nitrogen and oxygen atoms in total. The number of rotatable bonds is 1. The predicted molar refractivity (Wildman–Crippen MR) is 69.3 cm³/mol. The summed E-state index contributed by atoms with van der Waals surface area (Å²) in [5.41, 5.74) is 5.43. The summed E-state index contributed by atoms with van der Waals surface area (Å²) in [5, 5.41) is 0. The molecular weight excluding hydrogens is 210 g/mol. The maximum Gasteiger partial charge on any atom is 0.193 e. The molecule has 0 fully saturated rings. The maximum atomic E-state index is 5.83. The molecule has 88 valence electrons. The molecule has 1 aromatic carbocycles. The minimum atomic E-state index is 0.716. The van der Waals surface area contributed by atoms with Crippen LogP contribution in [0.4, 0.5) is 0 Å². The Bertz CT molecular complexity index is 499. The van der Waals surface area contributed by atoms with Gasteiger partial charge in [0.1, 0.15) is 6.61 Å². The summed E-state index contributed by atoms with van der Waals surface area (Å²) >= 11 is 0. The Kier molecular flexibility index (Phi) is 2.43. The summed E-state index contributed by atoms with van der Waals surface area (Å²) < 4.78 is 5.83. The molecule has 1 aromatic rings. The van der Waals surface area contributed by atoms with Gasteiger partial charge in [-0.1, -0.05) is 30.3 Å². The first-order valence-corrected chi connectivity index (χ1v) is 6.10. The molecule has 2 aliphatic rings. The van der Waals surface area contributed by atoms with Gasteiger partial charge in [-0.05, 0) is 30.1 Å². The van der Waals surface area contributed by atoms with E-state index in [1.807, 2.05) is 0 Å². The molecular formula is C15H17NO. The van der Waals surface area contributed by atoms with Gasteiger partial charge in [0.15, 0.2) is 5.88 Å². The highest BCUT2D eigenvalue weighted by molar-refractivity contribution is 5.83. The lowest BCUT2D eigenvalue weighted by Crippen LogP contribution is -2.18. The van der Waals surface area contributed by atoms with Crippen LogP contribution in [-0.4, -0.2) is 25.1 Å². The monoisotopic (exact) mass is 227 g/mol. The largest absolute Gasteiger partial charge is 0.474 e. The van der Waals surface area contributed by atoms with Crippen LogP contribution in [0, 0.1) is 0 Å². The average Bonchev–Trinajstić information content (AvgIpc) is 2.72. The second-order valence-electron chi connectivity index (χ2n) is 4.77. The predicted octanol–water partition coefficient (Wildman–Crippen LogP) is 3.04. The molecule has 2 heteroatoms. The first-order chi connectivity index (χ1) is 8.27. The van der Waals surface area contributed by atoms with Crippen molar-refractivity contribution in [3.05, 3.63) is 52.9 Å². The van der Waals surface area contributed by atoms with Crippen LogP contribution in [0.3, 0.4) is 0 Å². The van der Waals surface area contributed by atoms with Gasteiger partial charge in [-0.25, -0.2) is 0 Å². The van der Waals surface area contributed by atoms with Crippen LogP contribution in [0.15, 0.2) is 47.4 Å². The van der Waals surface area contributed by atoms with Crippen molar-refractivity contribution in [2.24, 2.45) is 0 Å². The summed E-state index contributed by atoms with van der Waals surface area (Å²) in [5.74, 6) is 1.08. The minimum Gasteiger partial charge on any atom is -0.474 e. The van der Waals surface area contributed by atoms with Crippen molar-refractivity contribution in [2.75, 3.05) is 20.2 Å². The lowest BCUT2D eigenvalue weighted by molar-refractivity contribution is 0.154. The van der Waals surface area contributed by atoms with Crippen molar-refractivity contribution >= 4 is 5.57 Å². The van der Waals surface area contributed by atoms with E-state index < -0.39 is 0 Å². The van der Waals surface area contributed by atoms with Crippen LogP contribution in [0.2, 0.25) is 0 Å². The van der Waals surface area contributed by atoms with Gasteiger partial charge in [-0.3, -0.25) is 0 Å². The van der Waals surface area contributed by atoms with Gasteiger partial charge >= 0.3 is 0 Å². The van der Waals surface area contributed by atoms with E-state index in [1.165, 1.54) is 22.3 Å². The number of nitrogens with zero attached hydrogens (tertiary/aromatic N) is 1. The SMILES string of the molecule is CC1=C(c2ccccc2)C2=C(OC1)N(C)CC2. The maximum absolute atomic E-state index is 5.83.